The molecule has 0 aliphatic rings. The van der Waals surface area contributed by atoms with Crippen molar-refractivity contribution < 1.29 is 9.53 Å². The number of carbonyl (C=O) groups excluding carboxylic acids is 1. The van der Waals surface area contributed by atoms with Gasteiger partial charge in [-0.3, -0.25) is 4.79 Å². The van der Waals surface area contributed by atoms with Crippen LogP contribution in [0.25, 0.3) is 5.69 Å². The molecule has 0 atom stereocenters. The Morgan fingerprint density at radius 1 is 1.00 bits per heavy atom. The summed E-state index contributed by atoms with van der Waals surface area (Å²) in [6, 6.07) is 23.8. The predicted molar refractivity (Wildman–Crippen MR) is 116 cm³/mol. The zero-order valence-electron chi connectivity index (χ0n) is 15.6. The summed E-state index contributed by atoms with van der Waals surface area (Å²) in [4.78, 5) is 12.5. The molecule has 1 N–H and O–H groups in total. The van der Waals surface area contributed by atoms with E-state index in [1.807, 2.05) is 42.5 Å². The minimum atomic E-state index is -0.199. The predicted octanol–water partition coefficient (Wildman–Crippen LogP) is 4.84. The van der Waals surface area contributed by atoms with Gasteiger partial charge in [-0.05, 0) is 59.0 Å². The molecule has 0 fully saturated rings. The normalized spacial score (nSPS) is 10.6. The number of para-hydroxylation sites is 3. The number of nitrogens with zero attached hydrogens (tertiary/aromatic N) is 4. The zero-order chi connectivity index (χ0) is 20.8. The lowest BCUT2D eigenvalue weighted by molar-refractivity contribution is -0.113. The first-order valence-corrected chi connectivity index (χ1v) is 10.3. The van der Waals surface area contributed by atoms with Crippen LogP contribution >= 0.6 is 23.4 Å². The Balaban J connectivity index is 1.41. The Morgan fingerprint density at radius 2 is 1.73 bits per heavy atom. The molecule has 30 heavy (non-hydrogen) atoms. The molecular weight excluding hydrogens is 422 g/mol. The molecule has 0 saturated heterocycles. The number of tetrazole rings is 1. The van der Waals surface area contributed by atoms with Gasteiger partial charge in [0.2, 0.25) is 11.1 Å². The summed E-state index contributed by atoms with van der Waals surface area (Å²) in [5.74, 6) is 1.19. The zero-order valence-corrected chi connectivity index (χ0v) is 17.2. The van der Waals surface area contributed by atoms with Crippen molar-refractivity contribution in [1.29, 1.82) is 0 Å². The van der Waals surface area contributed by atoms with Crippen LogP contribution in [0.15, 0.2) is 84.0 Å². The fourth-order valence-electron chi connectivity index (χ4n) is 2.60. The maximum absolute atomic E-state index is 12.5. The van der Waals surface area contributed by atoms with Gasteiger partial charge in [0.15, 0.2) is 5.75 Å². The Hall–Kier alpha value is -3.36. The Bertz CT molecular complexity index is 1140. The molecule has 7 nitrogen and oxygen atoms in total. The van der Waals surface area contributed by atoms with Crippen molar-refractivity contribution in [1.82, 2.24) is 20.2 Å². The smallest absolute Gasteiger partial charge is 0.234 e. The second-order valence-corrected chi connectivity index (χ2v) is 7.48. The Labute approximate surface area is 182 Å². The van der Waals surface area contributed by atoms with Gasteiger partial charge in [0.05, 0.1) is 17.1 Å². The van der Waals surface area contributed by atoms with Crippen LogP contribution in [0.2, 0.25) is 5.02 Å². The van der Waals surface area contributed by atoms with Gasteiger partial charge in [-0.15, -0.1) is 5.10 Å². The van der Waals surface area contributed by atoms with E-state index in [2.05, 4.69) is 20.8 Å². The molecule has 0 saturated carbocycles. The lowest BCUT2D eigenvalue weighted by Gasteiger charge is -2.12. The number of ether oxygens (including phenoxy) is 1. The van der Waals surface area contributed by atoms with Crippen LogP contribution in [0.3, 0.4) is 0 Å². The lowest BCUT2D eigenvalue weighted by atomic mass is 10.3. The van der Waals surface area contributed by atoms with Crippen LogP contribution in [0.4, 0.5) is 5.69 Å². The first-order chi connectivity index (χ1) is 14.7. The fraction of sp³-hybridized carbons (Fsp3) is 0.0476. The van der Waals surface area contributed by atoms with Crippen LogP contribution in [0.1, 0.15) is 0 Å². The van der Waals surface area contributed by atoms with E-state index < -0.39 is 0 Å². The van der Waals surface area contributed by atoms with E-state index in [0.717, 1.165) is 5.69 Å². The van der Waals surface area contributed by atoms with Gasteiger partial charge in [-0.25, -0.2) is 0 Å². The number of aromatic nitrogens is 4. The minimum absolute atomic E-state index is 0.133. The molecule has 3 aromatic carbocycles. The number of anilines is 1. The highest BCUT2D eigenvalue weighted by molar-refractivity contribution is 7.99. The van der Waals surface area contributed by atoms with Gasteiger partial charge in [0, 0.05) is 5.02 Å². The van der Waals surface area contributed by atoms with E-state index in [-0.39, 0.29) is 11.7 Å². The number of nitrogens with one attached hydrogen (secondary N) is 1. The number of hydrogen-bond acceptors (Lipinski definition) is 6. The van der Waals surface area contributed by atoms with Crippen molar-refractivity contribution in [2.24, 2.45) is 0 Å². The molecular formula is C21H16ClN5O2S. The molecule has 4 aromatic rings. The van der Waals surface area contributed by atoms with Crippen molar-refractivity contribution >= 4 is 35.0 Å². The van der Waals surface area contributed by atoms with Crippen LogP contribution in [0, 0.1) is 0 Å². The van der Waals surface area contributed by atoms with Gasteiger partial charge in [0.25, 0.3) is 0 Å². The quantitative estimate of drug-likeness (QED) is 0.416. The third kappa shape index (κ3) is 4.97. The monoisotopic (exact) mass is 437 g/mol. The van der Waals surface area contributed by atoms with Crippen molar-refractivity contribution in [3.8, 4) is 17.2 Å². The fourth-order valence-corrected chi connectivity index (χ4v) is 3.42. The third-order valence-electron chi connectivity index (χ3n) is 3.98. The van der Waals surface area contributed by atoms with Crippen molar-refractivity contribution in [2.45, 2.75) is 5.16 Å². The molecule has 0 bridgehead atoms. The largest absolute Gasteiger partial charge is 0.455 e. The molecule has 4 rings (SSSR count). The highest BCUT2D eigenvalue weighted by Crippen LogP contribution is 2.29. The van der Waals surface area contributed by atoms with E-state index >= 15 is 0 Å². The number of benzene rings is 3. The van der Waals surface area contributed by atoms with E-state index in [0.29, 0.717) is 27.4 Å². The number of carbonyl (C=O) groups is 1. The molecule has 150 valence electrons. The van der Waals surface area contributed by atoms with Crippen LogP contribution in [-0.4, -0.2) is 31.9 Å². The molecule has 1 heterocycles. The highest BCUT2D eigenvalue weighted by atomic mass is 35.5. The molecule has 1 aromatic heterocycles. The minimum Gasteiger partial charge on any atom is -0.455 e. The topological polar surface area (TPSA) is 81.9 Å². The summed E-state index contributed by atoms with van der Waals surface area (Å²) >= 11 is 7.16. The molecule has 0 unspecified atom stereocenters. The van der Waals surface area contributed by atoms with Gasteiger partial charge < -0.3 is 10.1 Å². The summed E-state index contributed by atoms with van der Waals surface area (Å²) in [5, 5.41) is 15.7. The van der Waals surface area contributed by atoms with Gasteiger partial charge in [0.1, 0.15) is 5.75 Å². The molecule has 0 spiro atoms. The maximum Gasteiger partial charge on any atom is 0.234 e. The van der Waals surface area contributed by atoms with E-state index in [4.69, 9.17) is 16.3 Å². The van der Waals surface area contributed by atoms with E-state index in [1.54, 1.807) is 41.1 Å². The summed E-state index contributed by atoms with van der Waals surface area (Å²) in [6.45, 7) is 0. The third-order valence-corrected chi connectivity index (χ3v) is 5.15. The summed E-state index contributed by atoms with van der Waals surface area (Å²) in [5.41, 5.74) is 1.35. The molecule has 0 aliphatic carbocycles. The van der Waals surface area contributed by atoms with Crippen LogP contribution < -0.4 is 10.1 Å². The first-order valence-electron chi connectivity index (χ1n) is 8.98. The van der Waals surface area contributed by atoms with Crippen molar-refractivity contribution in [3.63, 3.8) is 0 Å². The summed E-state index contributed by atoms with van der Waals surface area (Å²) < 4.78 is 7.43. The summed E-state index contributed by atoms with van der Waals surface area (Å²) in [6.07, 6.45) is 0. The van der Waals surface area contributed by atoms with Crippen LogP contribution in [-0.2, 0) is 4.79 Å². The maximum atomic E-state index is 12.5. The number of halogens is 1. The standard InChI is InChI=1S/C21H16ClN5O2S/c22-15-10-12-16(13-11-15)27-21(24-25-26-27)30-14-20(28)23-18-8-4-5-9-19(18)29-17-6-2-1-3-7-17/h1-13H,14H2,(H,23,28). The van der Waals surface area contributed by atoms with E-state index in [9.17, 15) is 4.79 Å². The van der Waals surface area contributed by atoms with Gasteiger partial charge >= 0.3 is 0 Å². The second-order valence-electron chi connectivity index (χ2n) is 6.10. The summed E-state index contributed by atoms with van der Waals surface area (Å²) in [7, 11) is 0. The SMILES string of the molecule is O=C(CSc1nnnn1-c1ccc(Cl)cc1)Nc1ccccc1Oc1ccccc1. The van der Waals surface area contributed by atoms with Gasteiger partial charge in [-0.1, -0.05) is 53.7 Å². The van der Waals surface area contributed by atoms with Crippen LogP contribution in [0.5, 0.6) is 11.5 Å². The second kappa shape index (κ2) is 9.43. The molecule has 0 aliphatic heterocycles. The van der Waals surface area contributed by atoms with E-state index in [1.165, 1.54) is 11.8 Å². The number of amides is 1. The Morgan fingerprint density at radius 3 is 2.53 bits per heavy atom. The van der Waals surface area contributed by atoms with Gasteiger partial charge in [-0.2, -0.15) is 4.68 Å². The molecule has 9 heteroatoms. The Kier molecular flexibility index (Phi) is 6.26. The van der Waals surface area contributed by atoms with Crippen molar-refractivity contribution in [3.05, 3.63) is 83.9 Å². The lowest BCUT2D eigenvalue weighted by Crippen LogP contribution is -2.15. The first kappa shape index (κ1) is 19.9. The average molecular weight is 438 g/mol. The number of hydrogen-bond donors (Lipinski definition) is 1. The molecule has 1 amide bonds. The molecule has 0 radical (unpaired) electrons. The highest BCUT2D eigenvalue weighted by Gasteiger charge is 2.13. The number of thioether (sulfide) groups is 1. The average Bonchev–Trinajstić information content (AvgIpc) is 3.24. The number of rotatable bonds is 7. The van der Waals surface area contributed by atoms with Crippen molar-refractivity contribution in [2.75, 3.05) is 11.1 Å².